The Morgan fingerprint density at radius 1 is 1.41 bits per heavy atom. The van der Waals surface area contributed by atoms with Gasteiger partial charge in [-0.15, -0.1) is 11.8 Å². The van der Waals surface area contributed by atoms with Gasteiger partial charge in [-0.2, -0.15) is 0 Å². The maximum Gasteiger partial charge on any atom is 0.319 e. The maximum atomic E-state index is 11.6. The Bertz CT molecular complexity index is 348. The Labute approximate surface area is 106 Å². The molecule has 0 amide bonds. The summed E-state index contributed by atoms with van der Waals surface area (Å²) < 4.78 is 4.80. The summed E-state index contributed by atoms with van der Waals surface area (Å²) in [6, 6.07) is 6.86. The molecule has 0 saturated carbocycles. The first-order valence-corrected chi connectivity index (χ1v) is 6.58. The quantitative estimate of drug-likeness (QED) is 0.625. The van der Waals surface area contributed by atoms with Crippen LogP contribution in [0.4, 0.5) is 0 Å². The summed E-state index contributed by atoms with van der Waals surface area (Å²) in [7, 11) is 1.42. The van der Waals surface area contributed by atoms with Crippen molar-refractivity contribution >= 4 is 17.7 Å². The summed E-state index contributed by atoms with van der Waals surface area (Å²) in [6.07, 6.45) is 2.88. The Morgan fingerprint density at radius 2 is 2.06 bits per heavy atom. The molecule has 3 nitrogen and oxygen atoms in total. The second-order valence-corrected chi connectivity index (χ2v) is 5.04. The zero-order chi connectivity index (χ0) is 12.7. The van der Waals surface area contributed by atoms with Crippen LogP contribution in [-0.2, 0) is 9.53 Å². The van der Waals surface area contributed by atoms with Crippen LogP contribution in [0.2, 0.25) is 0 Å². The normalized spacial score (nSPS) is 12.1. The van der Waals surface area contributed by atoms with E-state index >= 15 is 0 Å². The lowest BCUT2D eigenvalue weighted by Gasteiger charge is -2.13. The van der Waals surface area contributed by atoms with Crippen molar-refractivity contribution in [1.29, 1.82) is 0 Å². The molecule has 1 aromatic rings. The molecule has 0 bridgehead atoms. The van der Waals surface area contributed by atoms with E-state index in [1.165, 1.54) is 18.9 Å². The van der Waals surface area contributed by atoms with Crippen molar-refractivity contribution in [2.75, 3.05) is 7.11 Å². The molecule has 1 aromatic carbocycles. The molecule has 94 valence electrons. The zero-order valence-electron chi connectivity index (χ0n) is 10.2. The van der Waals surface area contributed by atoms with Crippen molar-refractivity contribution in [3.05, 3.63) is 24.3 Å². The van der Waals surface area contributed by atoms with Gasteiger partial charge in [0, 0.05) is 4.90 Å². The predicted octanol–water partition coefficient (Wildman–Crippen LogP) is 3.22. The van der Waals surface area contributed by atoms with Crippen molar-refractivity contribution in [1.82, 2.24) is 0 Å². The summed E-state index contributed by atoms with van der Waals surface area (Å²) >= 11 is 1.48. The molecule has 1 atom stereocenters. The smallest absolute Gasteiger partial charge is 0.319 e. The van der Waals surface area contributed by atoms with Gasteiger partial charge in [0.05, 0.1) is 7.11 Å². The van der Waals surface area contributed by atoms with Gasteiger partial charge in [0.25, 0.3) is 0 Å². The maximum absolute atomic E-state index is 11.6. The number of hydrogen-bond donors (Lipinski definition) is 1. The second kappa shape index (κ2) is 7.22. The molecule has 0 aliphatic rings. The van der Waals surface area contributed by atoms with Crippen LogP contribution in [0.3, 0.4) is 0 Å². The van der Waals surface area contributed by atoms with Gasteiger partial charge in [-0.25, -0.2) is 0 Å². The lowest BCUT2D eigenvalue weighted by Crippen LogP contribution is -2.18. The first-order chi connectivity index (χ1) is 8.17. The minimum atomic E-state index is -0.184. The van der Waals surface area contributed by atoms with E-state index in [2.05, 4.69) is 6.92 Å². The molecule has 17 heavy (non-hydrogen) atoms. The van der Waals surface area contributed by atoms with Crippen molar-refractivity contribution in [3.8, 4) is 5.75 Å². The molecule has 0 aliphatic carbocycles. The SMILES string of the molecule is CCCCC(Sc1ccc(O)cc1)C(=O)OC. The number of esters is 1. The highest BCUT2D eigenvalue weighted by Gasteiger charge is 2.19. The van der Waals surface area contributed by atoms with Gasteiger partial charge in [0.1, 0.15) is 11.0 Å². The molecule has 0 heterocycles. The average molecular weight is 254 g/mol. The highest BCUT2D eigenvalue weighted by molar-refractivity contribution is 8.00. The van der Waals surface area contributed by atoms with E-state index in [-0.39, 0.29) is 17.0 Å². The third-order valence-corrected chi connectivity index (χ3v) is 3.66. The van der Waals surface area contributed by atoms with E-state index in [4.69, 9.17) is 4.74 Å². The van der Waals surface area contributed by atoms with Gasteiger partial charge in [0.15, 0.2) is 0 Å². The standard InChI is InChI=1S/C13H18O3S/c1-3-4-5-12(13(15)16-2)17-11-8-6-10(14)7-9-11/h6-9,12,14H,3-5H2,1-2H3. The van der Waals surface area contributed by atoms with Gasteiger partial charge in [-0.05, 0) is 30.7 Å². The Balaban J connectivity index is 2.64. The molecular weight excluding hydrogens is 236 g/mol. The summed E-state index contributed by atoms with van der Waals surface area (Å²) in [5, 5.41) is 9.02. The summed E-state index contributed by atoms with van der Waals surface area (Å²) in [6.45, 7) is 2.10. The minimum absolute atomic E-state index is 0.163. The van der Waals surface area contributed by atoms with Gasteiger partial charge in [0.2, 0.25) is 0 Å². The lowest BCUT2D eigenvalue weighted by atomic mass is 10.2. The molecule has 1 N–H and O–H groups in total. The number of methoxy groups -OCH3 is 1. The monoisotopic (exact) mass is 254 g/mol. The largest absolute Gasteiger partial charge is 0.508 e. The average Bonchev–Trinajstić information content (AvgIpc) is 2.36. The van der Waals surface area contributed by atoms with Crippen LogP contribution in [0.1, 0.15) is 26.2 Å². The number of phenolic OH excluding ortho intramolecular Hbond substituents is 1. The molecule has 0 saturated heterocycles. The number of carbonyl (C=O) groups excluding carboxylic acids is 1. The van der Waals surface area contributed by atoms with Crippen LogP contribution in [0, 0.1) is 0 Å². The van der Waals surface area contributed by atoms with Gasteiger partial charge < -0.3 is 9.84 Å². The number of ether oxygens (including phenoxy) is 1. The number of carbonyl (C=O) groups is 1. The molecule has 4 heteroatoms. The summed E-state index contributed by atoms with van der Waals surface area (Å²) in [5.41, 5.74) is 0. The first-order valence-electron chi connectivity index (χ1n) is 5.71. The highest BCUT2D eigenvalue weighted by Crippen LogP contribution is 2.28. The Kier molecular flexibility index (Phi) is 5.91. The molecular formula is C13H18O3S. The van der Waals surface area contributed by atoms with Crippen molar-refractivity contribution in [2.24, 2.45) is 0 Å². The van der Waals surface area contributed by atoms with Crippen LogP contribution < -0.4 is 0 Å². The van der Waals surface area contributed by atoms with Crippen LogP contribution >= 0.6 is 11.8 Å². The number of phenols is 1. The molecule has 0 aliphatic heterocycles. The van der Waals surface area contributed by atoms with E-state index in [9.17, 15) is 9.90 Å². The van der Waals surface area contributed by atoms with Gasteiger partial charge in [-0.3, -0.25) is 4.79 Å². The molecule has 1 rings (SSSR count). The van der Waals surface area contributed by atoms with E-state index in [1.54, 1.807) is 12.1 Å². The summed E-state index contributed by atoms with van der Waals surface area (Å²) in [5.74, 6) is 0.0500. The van der Waals surface area contributed by atoms with Gasteiger partial charge in [-0.1, -0.05) is 19.8 Å². The van der Waals surface area contributed by atoms with Gasteiger partial charge >= 0.3 is 5.97 Å². The lowest BCUT2D eigenvalue weighted by molar-refractivity contribution is -0.140. The van der Waals surface area contributed by atoms with E-state index in [0.717, 1.165) is 24.2 Å². The Morgan fingerprint density at radius 3 is 2.59 bits per heavy atom. The Hall–Kier alpha value is -1.16. The number of aromatic hydroxyl groups is 1. The fourth-order valence-corrected chi connectivity index (χ4v) is 2.53. The summed E-state index contributed by atoms with van der Waals surface area (Å²) in [4.78, 5) is 12.6. The number of benzene rings is 1. The molecule has 0 fully saturated rings. The fraction of sp³-hybridized carbons (Fsp3) is 0.462. The highest BCUT2D eigenvalue weighted by atomic mass is 32.2. The molecule has 1 unspecified atom stereocenters. The third-order valence-electron chi connectivity index (χ3n) is 2.40. The molecule has 0 aromatic heterocycles. The van der Waals surface area contributed by atoms with Crippen LogP contribution in [0.25, 0.3) is 0 Å². The minimum Gasteiger partial charge on any atom is -0.508 e. The van der Waals surface area contributed by atoms with Crippen LogP contribution in [-0.4, -0.2) is 23.4 Å². The van der Waals surface area contributed by atoms with E-state index < -0.39 is 0 Å². The number of hydrogen-bond acceptors (Lipinski definition) is 4. The van der Waals surface area contributed by atoms with Crippen LogP contribution in [0.5, 0.6) is 5.75 Å². The fourth-order valence-electron chi connectivity index (χ4n) is 1.43. The predicted molar refractivity (Wildman–Crippen MR) is 69.3 cm³/mol. The zero-order valence-corrected chi connectivity index (χ0v) is 11.0. The topological polar surface area (TPSA) is 46.5 Å². The van der Waals surface area contributed by atoms with Crippen molar-refractivity contribution in [2.45, 2.75) is 36.3 Å². The van der Waals surface area contributed by atoms with E-state index in [0.29, 0.717) is 0 Å². The molecule has 0 radical (unpaired) electrons. The van der Waals surface area contributed by atoms with Crippen LogP contribution in [0.15, 0.2) is 29.2 Å². The first kappa shape index (κ1) is 13.9. The van der Waals surface area contributed by atoms with E-state index in [1.807, 2.05) is 12.1 Å². The second-order valence-electron chi connectivity index (χ2n) is 3.77. The number of unbranched alkanes of at least 4 members (excludes halogenated alkanes) is 1. The van der Waals surface area contributed by atoms with Crippen molar-refractivity contribution < 1.29 is 14.6 Å². The number of thioether (sulfide) groups is 1. The third kappa shape index (κ3) is 4.69. The number of rotatable bonds is 6. The van der Waals surface area contributed by atoms with Crippen molar-refractivity contribution in [3.63, 3.8) is 0 Å². The molecule has 0 spiro atoms.